The number of ketones is 1. The minimum Gasteiger partial charge on any atom is -0.462 e. The van der Waals surface area contributed by atoms with Gasteiger partial charge in [0.25, 0.3) is 5.91 Å². The molecule has 2 bridgehead atoms. The molecule has 5 rings (SSSR count). The van der Waals surface area contributed by atoms with Crippen LogP contribution in [0.15, 0.2) is 41.1 Å². The number of aliphatic hydroxyl groups is 3. The Morgan fingerprint density at radius 1 is 0.985 bits per heavy atom. The first kappa shape index (κ1) is 54.8. The Kier molecular flexibility index (Phi) is 21.4. The number of nitrogens with zero attached hydrogens (tertiary/aromatic N) is 2. The van der Waals surface area contributed by atoms with Crippen LogP contribution in [0.3, 0.4) is 0 Å². The molecule has 1 amide bonds. The van der Waals surface area contributed by atoms with Gasteiger partial charge in [0.15, 0.2) is 18.7 Å². The molecule has 0 radical (unpaired) electrons. The van der Waals surface area contributed by atoms with E-state index in [0.717, 1.165) is 10.5 Å². The maximum atomic E-state index is 14.4. The van der Waals surface area contributed by atoms with Crippen LogP contribution in [0.2, 0.25) is 0 Å². The molecule has 4 aliphatic rings. The van der Waals surface area contributed by atoms with Gasteiger partial charge in [-0.1, -0.05) is 43.7 Å². The predicted molar refractivity (Wildman–Crippen MR) is 248 cm³/mol. The van der Waals surface area contributed by atoms with Gasteiger partial charge in [0.2, 0.25) is 0 Å². The fourth-order valence-electron chi connectivity index (χ4n) is 9.62. The van der Waals surface area contributed by atoms with E-state index in [1.54, 1.807) is 57.3 Å². The van der Waals surface area contributed by atoms with Crippen LogP contribution in [0.4, 0.5) is 0 Å². The number of fused-ring (bicyclic) bond motifs is 3. The summed E-state index contributed by atoms with van der Waals surface area (Å²) in [7, 11) is 6.61. The van der Waals surface area contributed by atoms with E-state index in [4.69, 9.17) is 48.5 Å². The molecule has 16 atom stereocenters. The summed E-state index contributed by atoms with van der Waals surface area (Å²) in [6.07, 6.45) is -1.38. The van der Waals surface area contributed by atoms with Gasteiger partial charge in [-0.15, -0.1) is 11.3 Å². The summed E-state index contributed by atoms with van der Waals surface area (Å²) in [6.45, 7) is 9.68. The van der Waals surface area contributed by atoms with E-state index in [9.17, 15) is 29.7 Å². The molecule has 0 spiro atoms. The van der Waals surface area contributed by atoms with Crippen LogP contribution in [-0.4, -0.2) is 172 Å². The number of ether oxygens (including phenoxy) is 8. The first-order valence-electron chi connectivity index (χ1n) is 23.5. The third kappa shape index (κ3) is 14.9. The number of hydrogen-bond acceptors (Lipinski definition) is 18. The van der Waals surface area contributed by atoms with E-state index < -0.39 is 103 Å². The van der Waals surface area contributed by atoms with Gasteiger partial charge in [0.1, 0.15) is 30.1 Å². The molecular weight excluding hydrogens is 891 g/mol. The molecule has 1 aliphatic carbocycles. The lowest BCUT2D eigenvalue weighted by Gasteiger charge is -2.47. The van der Waals surface area contributed by atoms with Crippen LogP contribution in [0.25, 0.3) is 0 Å². The fraction of sp³-hybridized carbons (Fsp3) is 0.750. The van der Waals surface area contributed by atoms with Crippen molar-refractivity contribution in [2.24, 2.45) is 34.6 Å². The number of oxime groups is 1. The highest BCUT2D eigenvalue weighted by Gasteiger charge is 2.48. The van der Waals surface area contributed by atoms with E-state index >= 15 is 0 Å². The highest BCUT2D eigenvalue weighted by atomic mass is 32.1. The Labute approximate surface area is 399 Å². The van der Waals surface area contributed by atoms with Gasteiger partial charge in [0.05, 0.1) is 73.8 Å². The van der Waals surface area contributed by atoms with Crippen molar-refractivity contribution in [3.63, 3.8) is 0 Å². The van der Waals surface area contributed by atoms with Crippen LogP contribution < -0.4 is 5.73 Å². The van der Waals surface area contributed by atoms with Crippen molar-refractivity contribution in [2.75, 3.05) is 54.7 Å². The average Bonchev–Trinajstić information content (AvgIpc) is 3.77. The summed E-state index contributed by atoms with van der Waals surface area (Å²) in [5.41, 5.74) is 6.62. The average molecular weight is 966 g/mol. The number of hydrogen-bond donors (Lipinski definition) is 4. The van der Waals surface area contributed by atoms with E-state index in [-0.39, 0.29) is 51.2 Å². The molecule has 0 aromatic carbocycles. The second kappa shape index (κ2) is 26.1. The molecule has 2 saturated heterocycles. The number of allylic oxidation sites excluding steroid dienone is 3. The number of amides is 1. The number of rotatable bonds is 13. The number of thiophene rings is 1. The number of esters is 1. The zero-order valence-electron chi connectivity index (χ0n) is 40.5. The molecule has 18 nitrogen and oxygen atoms in total. The fourth-order valence-corrected chi connectivity index (χ4v) is 10.4. The molecule has 5 N–H and O–H groups in total. The first-order chi connectivity index (χ1) is 31.9. The van der Waals surface area contributed by atoms with Crippen molar-refractivity contribution < 1.29 is 72.4 Å². The minimum absolute atomic E-state index is 0.0297. The van der Waals surface area contributed by atoms with Crippen LogP contribution in [0.1, 0.15) is 87.7 Å². The van der Waals surface area contributed by atoms with Crippen molar-refractivity contribution in [2.45, 2.75) is 153 Å². The molecule has 3 aliphatic heterocycles. The second-order valence-corrected chi connectivity index (χ2v) is 19.8. The second-order valence-electron chi connectivity index (χ2n) is 18.6. The van der Waals surface area contributed by atoms with Crippen molar-refractivity contribution in [3.8, 4) is 0 Å². The molecule has 3 fully saturated rings. The maximum absolute atomic E-state index is 14.4. The van der Waals surface area contributed by atoms with Gasteiger partial charge in [-0.25, -0.2) is 0 Å². The lowest BCUT2D eigenvalue weighted by Crippen LogP contribution is -2.63. The molecule has 378 valence electrons. The summed E-state index contributed by atoms with van der Waals surface area (Å²) in [5.74, 6) is -3.06. The SMILES string of the molecule is CC[C@H]1OC(=O)C[C@H]2OC/C(=N/OCc3ccc(C(N)=O)s3)COCCC(C[C@@H](C)C(=O)/C=C/C(C)=C/[C@@H]1CO[C@@H]1CC[C@@H](O)[C@@H](OC)[C@H]1OC)[C@H](O[C@@H]1O[C@H](C)[C@@H](O)[C@H](N(C)C)[C@H]1O)[C@H]2C. The van der Waals surface area contributed by atoms with E-state index in [1.807, 2.05) is 33.8 Å². The summed E-state index contributed by atoms with van der Waals surface area (Å²) in [5, 5.41) is 37.7. The van der Waals surface area contributed by atoms with Gasteiger partial charge in [-0.3, -0.25) is 14.4 Å². The Morgan fingerprint density at radius 3 is 2.40 bits per heavy atom. The Balaban J connectivity index is 1.50. The standard InChI is InChI=1S/C48H75N3O15S/c1-10-36-31(22-61-37-15-14-35(53)45(58-8)46(37)59-9)19-26(2)11-13-34(52)27(3)20-30-17-18-60-23-32(50-63-25-33-12-16-39(67-33)47(49)57)24-62-38(21-40(54)65-36)28(4)44(30)66-48-43(56)41(51(6)7)42(55)29(5)64-48/h11-13,16,19,27-31,35-38,41-46,48,53,55-56H,10,14-15,17-18,20-25H2,1-9H3,(H2,49,57)/b13-11+,26-19+,50-32+/t27-,28+,29-,30?,31-,35-,36-,37-,38-,41+,42-,43-,44-,45-,46+,48+/m1/s1. The number of likely N-dealkylation sites (N-methyl/N-ethyl adjacent to an activating group) is 1. The van der Waals surface area contributed by atoms with Gasteiger partial charge >= 0.3 is 5.97 Å². The van der Waals surface area contributed by atoms with E-state index in [1.165, 1.54) is 18.4 Å². The van der Waals surface area contributed by atoms with Crippen LogP contribution in [-0.2, 0) is 58.9 Å². The Bertz CT molecular complexity index is 1840. The molecule has 67 heavy (non-hydrogen) atoms. The highest BCUT2D eigenvalue weighted by Crippen LogP contribution is 2.36. The van der Waals surface area contributed by atoms with E-state index in [0.29, 0.717) is 42.7 Å². The van der Waals surface area contributed by atoms with Gasteiger partial charge < -0.3 is 68.7 Å². The van der Waals surface area contributed by atoms with Crippen LogP contribution in [0, 0.1) is 23.7 Å². The number of nitrogens with two attached hydrogens (primary N) is 1. The van der Waals surface area contributed by atoms with E-state index in [2.05, 4.69) is 5.16 Å². The Hall–Kier alpha value is -3.18. The number of primary amides is 1. The zero-order valence-corrected chi connectivity index (χ0v) is 41.3. The topological polar surface area (TPSA) is 237 Å². The number of carbonyl (C=O) groups excluding carboxylic acids is 3. The highest BCUT2D eigenvalue weighted by molar-refractivity contribution is 7.14. The quantitative estimate of drug-likeness (QED) is 0.163. The monoisotopic (exact) mass is 965 g/mol. The van der Waals surface area contributed by atoms with Crippen molar-refractivity contribution in [1.82, 2.24) is 4.90 Å². The van der Waals surface area contributed by atoms with Crippen molar-refractivity contribution >= 4 is 34.7 Å². The minimum atomic E-state index is -1.26. The molecule has 4 heterocycles. The number of aliphatic hydroxyl groups excluding tert-OH is 3. The molecule has 1 unspecified atom stereocenters. The summed E-state index contributed by atoms with van der Waals surface area (Å²) in [4.78, 5) is 48.7. The number of methoxy groups -OCH3 is 2. The Morgan fingerprint density at radius 2 is 1.73 bits per heavy atom. The molecule has 1 aromatic rings. The molecule has 19 heteroatoms. The number of carbonyl (C=O) groups is 3. The van der Waals surface area contributed by atoms with Gasteiger partial charge in [-0.2, -0.15) is 0 Å². The van der Waals surface area contributed by atoms with Gasteiger partial charge in [0, 0.05) is 43.5 Å². The normalized spacial score (nSPS) is 38.5. The maximum Gasteiger partial charge on any atom is 0.308 e. The van der Waals surface area contributed by atoms with Crippen LogP contribution in [0.5, 0.6) is 0 Å². The molecule has 1 saturated carbocycles. The van der Waals surface area contributed by atoms with Gasteiger partial charge in [-0.05, 0) is 84.2 Å². The lowest BCUT2D eigenvalue weighted by atomic mass is 9.79. The third-order valence-electron chi connectivity index (χ3n) is 13.5. The van der Waals surface area contributed by atoms with Crippen molar-refractivity contribution in [3.05, 3.63) is 45.7 Å². The third-order valence-corrected chi connectivity index (χ3v) is 14.5. The van der Waals surface area contributed by atoms with Crippen molar-refractivity contribution in [1.29, 1.82) is 0 Å². The smallest absolute Gasteiger partial charge is 0.308 e. The first-order valence-corrected chi connectivity index (χ1v) is 24.3. The lowest BCUT2D eigenvalue weighted by molar-refractivity contribution is -0.305. The largest absolute Gasteiger partial charge is 0.462 e. The number of cyclic esters (lactones) is 1. The summed E-state index contributed by atoms with van der Waals surface area (Å²) < 4.78 is 50.1. The summed E-state index contributed by atoms with van der Waals surface area (Å²) in [6, 6.07) is 2.65. The molecule has 1 aromatic heterocycles. The predicted octanol–water partition coefficient (Wildman–Crippen LogP) is 3.57. The summed E-state index contributed by atoms with van der Waals surface area (Å²) >= 11 is 1.20. The zero-order chi connectivity index (χ0) is 48.9. The van der Waals surface area contributed by atoms with Crippen LogP contribution >= 0.6 is 11.3 Å². The molecular formula is C48H75N3O15S.